The van der Waals surface area contributed by atoms with Crippen LogP contribution >= 0.6 is 0 Å². The van der Waals surface area contributed by atoms with Gasteiger partial charge >= 0.3 is 12.2 Å². The number of carbonyl (C=O) groups is 3. The molecule has 1 fully saturated rings. The van der Waals surface area contributed by atoms with Crippen molar-refractivity contribution < 1.29 is 33.0 Å². The van der Waals surface area contributed by atoms with Crippen LogP contribution in [0.4, 0.5) is 37.0 Å². The highest BCUT2D eigenvalue weighted by Crippen LogP contribution is 2.33. The molecule has 3 heterocycles. The van der Waals surface area contributed by atoms with Gasteiger partial charge < -0.3 is 30.2 Å². The van der Waals surface area contributed by atoms with E-state index < -0.39 is 35.6 Å². The molecule has 1 aliphatic heterocycles. The van der Waals surface area contributed by atoms with E-state index >= 15 is 0 Å². The Balaban J connectivity index is 1.15. The van der Waals surface area contributed by atoms with Crippen LogP contribution < -0.4 is 25.6 Å². The van der Waals surface area contributed by atoms with Gasteiger partial charge in [-0.15, -0.1) is 5.10 Å². The highest BCUT2D eigenvalue weighted by molar-refractivity contribution is 5.97. The maximum absolute atomic E-state index is 13.6. The van der Waals surface area contributed by atoms with Crippen molar-refractivity contribution in [2.24, 2.45) is 0 Å². The van der Waals surface area contributed by atoms with Crippen molar-refractivity contribution in [3.8, 4) is 16.9 Å². The average molecular weight is 668 g/mol. The molecule has 0 bridgehead atoms. The van der Waals surface area contributed by atoms with Gasteiger partial charge in [0.05, 0.1) is 25.0 Å². The number of hydrogen-bond donors (Lipinski definition) is 3. The van der Waals surface area contributed by atoms with Crippen LogP contribution in [-0.2, 0) is 14.3 Å². The zero-order valence-electron chi connectivity index (χ0n) is 27.2. The van der Waals surface area contributed by atoms with Crippen molar-refractivity contribution >= 4 is 46.8 Å². The summed E-state index contributed by atoms with van der Waals surface area (Å²) in [6.45, 7) is 5.95. The highest BCUT2D eigenvalue weighted by atomic mass is 19.1. The number of anilines is 4. The van der Waals surface area contributed by atoms with Gasteiger partial charge in [0, 0.05) is 23.5 Å². The Bertz CT molecular complexity index is 2010. The minimum absolute atomic E-state index is 0.337. The number of rotatable bonds is 9. The summed E-state index contributed by atoms with van der Waals surface area (Å²) < 4.78 is 31.1. The number of benzene rings is 3. The van der Waals surface area contributed by atoms with Gasteiger partial charge in [-0.2, -0.15) is 4.98 Å². The molecule has 0 radical (unpaired) electrons. The summed E-state index contributed by atoms with van der Waals surface area (Å²) in [5.74, 6) is -0.142. The van der Waals surface area contributed by atoms with Crippen molar-refractivity contribution in [1.82, 2.24) is 19.9 Å². The van der Waals surface area contributed by atoms with Gasteiger partial charge in [0.2, 0.25) is 5.95 Å². The minimum atomic E-state index is -1.13. The fourth-order valence-corrected chi connectivity index (χ4v) is 5.15. The van der Waals surface area contributed by atoms with E-state index in [2.05, 4.69) is 26.0 Å². The van der Waals surface area contributed by atoms with Crippen LogP contribution in [-0.4, -0.2) is 58.6 Å². The molecule has 1 saturated heterocycles. The zero-order chi connectivity index (χ0) is 34.7. The first kappa shape index (κ1) is 32.7. The van der Waals surface area contributed by atoms with Crippen LogP contribution in [0.3, 0.4) is 0 Å². The first-order valence-corrected chi connectivity index (χ1v) is 15.4. The summed E-state index contributed by atoms with van der Waals surface area (Å²) >= 11 is 0. The Kier molecular flexibility index (Phi) is 9.03. The van der Waals surface area contributed by atoms with E-state index in [1.807, 2.05) is 30.5 Å². The number of fused-ring (bicyclic) bond motifs is 1. The SMILES string of the molecule is COc1cc(N2CCOC2=O)ccc1Nc1nc2ccc(-c3ccc(NC(=O)[C@H](NC(=O)OC(C)(C)C)c4ccc(F)cc4)cc3)cn2n1. The molecule has 14 heteroatoms. The second kappa shape index (κ2) is 13.5. The minimum Gasteiger partial charge on any atom is -0.494 e. The summed E-state index contributed by atoms with van der Waals surface area (Å²) in [4.78, 5) is 43.9. The Labute approximate surface area is 281 Å². The number of ether oxygens (including phenoxy) is 3. The molecule has 1 atom stereocenters. The lowest BCUT2D eigenvalue weighted by atomic mass is 10.1. The number of pyridine rings is 1. The van der Waals surface area contributed by atoms with Gasteiger partial charge in [-0.3, -0.25) is 9.69 Å². The fraction of sp³-hybridized carbons (Fsp3) is 0.229. The van der Waals surface area contributed by atoms with E-state index in [0.717, 1.165) is 11.1 Å². The van der Waals surface area contributed by atoms with Crippen molar-refractivity contribution in [2.45, 2.75) is 32.4 Å². The van der Waals surface area contributed by atoms with Crippen LogP contribution in [0, 0.1) is 5.82 Å². The quantitative estimate of drug-likeness (QED) is 0.161. The lowest BCUT2D eigenvalue weighted by Crippen LogP contribution is -2.40. The average Bonchev–Trinajstić information content (AvgIpc) is 3.68. The first-order chi connectivity index (χ1) is 23.5. The summed E-state index contributed by atoms with van der Waals surface area (Å²) in [7, 11) is 1.54. The predicted octanol–water partition coefficient (Wildman–Crippen LogP) is 6.45. The van der Waals surface area contributed by atoms with Crippen molar-refractivity contribution in [2.75, 3.05) is 35.8 Å². The Morgan fingerprint density at radius 1 is 0.980 bits per heavy atom. The molecule has 5 aromatic rings. The topological polar surface area (TPSA) is 148 Å². The van der Waals surface area contributed by atoms with E-state index in [0.29, 0.717) is 53.1 Å². The number of halogens is 1. The van der Waals surface area contributed by atoms with Gasteiger partial charge in [0.15, 0.2) is 5.65 Å². The van der Waals surface area contributed by atoms with Gasteiger partial charge in [-0.1, -0.05) is 24.3 Å². The molecule has 3 amide bonds. The molecule has 252 valence electrons. The van der Waals surface area contributed by atoms with Gasteiger partial charge in [0.1, 0.15) is 29.8 Å². The Morgan fingerprint density at radius 3 is 2.39 bits per heavy atom. The first-order valence-electron chi connectivity index (χ1n) is 15.4. The largest absolute Gasteiger partial charge is 0.494 e. The Morgan fingerprint density at radius 2 is 1.71 bits per heavy atom. The van der Waals surface area contributed by atoms with Crippen LogP contribution in [0.2, 0.25) is 0 Å². The van der Waals surface area contributed by atoms with Crippen LogP contribution in [0.5, 0.6) is 5.75 Å². The smallest absolute Gasteiger partial charge is 0.414 e. The standard InChI is InChI=1S/C35H34FN7O6/c1-35(2,3)49-33(45)40-30(22-5-10-24(36)11-6-22)31(44)37-25-12-7-21(8-13-25)23-9-16-29-39-32(41-43(29)20-23)38-27-15-14-26(19-28(27)47-4)42-17-18-48-34(42)46/h5-16,19-20,30H,17-18H2,1-4H3,(H,37,44)(H,38,41)(H,40,45)/t30-/m1/s1. The molecule has 0 aliphatic carbocycles. The molecule has 0 unspecified atom stereocenters. The summed E-state index contributed by atoms with van der Waals surface area (Å²) in [5, 5.41) is 13.1. The summed E-state index contributed by atoms with van der Waals surface area (Å²) in [6.07, 6.45) is 0.649. The molecule has 1 aliphatic rings. The van der Waals surface area contributed by atoms with Crippen LogP contribution in [0.1, 0.15) is 32.4 Å². The van der Waals surface area contributed by atoms with Gasteiger partial charge in [-0.25, -0.2) is 18.5 Å². The monoisotopic (exact) mass is 667 g/mol. The van der Waals surface area contributed by atoms with E-state index in [1.165, 1.54) is 36.3 Å². The molecule has 3 N–H and O–H groups in total. The summed E-state index contributed by atoms with van der Waals surface area (Å²) in [6, 6.07) is 20.4. The molecule has 0 saturated carbocycles. The molecule has 49 heavy (non-hydrogen) atoms. The number of nitrogens with zero attached hydrogens (tertiary/aromatic N) is 4. The number of cyclic esters (lactones) is 1. The maximum Gasteiger partial charge on any atom is 0.414 e. The number of alkyl carbamates (subject to hydrolysis) is 1. The molecule has 6 rings (SSSR count). The molecule has 0 spiro atoms. The number of aromatic nitrogens is 3. The van der Waals surface area contributed by atoms with Crippen molar-refractivity contribution in [1.29, 1.82) is 0 Å². The number of amides is 3. The number of nitrogens with one attached hydrogen (secondary N) is 3. The fourth-order valence-electron chi connectivity index (χ4n) is 5.15. The van der Waals surface area contributed by atoms with E-state index in [4.69, 9.17) is 14.2 Å². The molecular formula is C35H34FN7O6. The highest BCUT2D eigenvalue weighted by Gasteiger charge is 2.27. The lowest BCUT2D eigenvalue weighted by molar-refractivity contribution is -0.118. The molecular weight excluding hydrogens is 633 g/mol. The third-order valence-electron chi connectivity index (χ3n) is 7.45. The number of hydrogen-bond acceptors (Lipinski definition) is 9. The zero-order valence-corrected chi connectivity index (χ0v) is 27.2. The second-order valence-electron chi connectivity index (χ2n) is 12.1. The van der Waals surface area contributed by atoms with Crippen molar-refractivity contribution in [3.05, 3.63) is 96.4 Å². The second-order valence-corrected chi connectivity index (χ2v) is 12.1. The van der Waals surface area contributed by atoms with E-state index in [-0.39, 0.29) is 0 Å². The molecule has 3 aromatic carbocycles. The maximum atomic E-state index is 13.6. The van der Waals surface area contributed by atoms with Gasteiger partial charge in [-0.05, 0) is 80.4 Å². The Hall–Kier alpha value is -6.18. The lowest BCUT2D eigenvalue weighted by Gasteiger charge is -2.23. The normalized spacial score (nSPS) is 13.5. The number of methoxy groups -OCH3 is 1. The van der Waals surface area contributed by atoms with E-state index in [9.17, 15) is 18.8 Å². The van der Waals surface area contributed by atoms with E-state index in [1.54, 1.807) is 55.6 Å². The predicted molar refractivity (Wildman–Crippen MR) is 181 cm³/mol. The molecule has 13 nitrogen and oxygen atoms in total. The van der Waals surface area contributed by atoms with Crippen LogP contribution in [0.25, 0.3) is 16.8 Å². The third kappa shape index (κ3) is 7.70. The number of carbonyl (C=O) groups excluding carboxylic acids is 3. The van der Waals surface area contributed by atoms with Gasteiger partial charge in [0.25, 0.3) is 5.91 Å². The third-order valence-corrected chi connectivity index (χ3v) is 7.45. The summed E-state index contributed by atoms with van der Waals surface area (Å²) in [5.41, 5.74) is 3.69. The molecule has 2 aromatic heterocycles. The van der Waals surface area contributed by atoms with Crippen LogP contribution in [0.15, 0.2) is 85.1 Å². The van der Waals surface area contributed by atoms with Crippen molar-refractivity contribution in [3.63, 3.8) is 0 Å².